The Morgan fingerprint density at radius 3 is 2.71 bits per heavy atom. The predicted octanol–water partition coefficient (Wildman–Crippen LogP) is 3.08. The highest BCUT2D eigenvalue weighted by Crippen LogP contribution is 2.29. The van der Waals surface area contributed by atoms with E-state index in [0.717, 1.165) is 18.5 Å². The van der Waals surface area contributed by atoms with E-state index in [9.17, 15) is 8.78 Å². The van der Waals surface area contributed by atoms with Gasteiger partial charge in [0.2, 0.25) is 5.88 Å². The Labute approximate surface area is 101 Å². The molecule has 0 N–H and O–H groups in total. The van der Waals surface area contributed by atoms with E-state index in [0.29, 0.717) is 0 Å². The fourth-order valence-corrected chi connectivity index (χ4v) is 1.51. The van der Waals surface area contributed by atoms with Gasteiger partial charge in [0, 0.05) is 6.07 Å². The molecule has 0 saturated carbocycles. The van der Waals surface area contributed by atoms with Crippen LogP contribution in [0.1, 0.15) is 0 Å². The predicted molar refractivity (Wildman–Crippen MR) is 58.9 cm³/mol. The van der Waals surface area contributed by atoms with Crippen LogP contribution in [0.15, 0.2) is 24.5 Å². The number of aromatic nitrogens is 2. The molecule has 1 aromatic heterocycles. The zero-order valence-electron chi connectivity index (χ0n) is 8.75. The Hall–Kier alpha value is -1.75. The summed E-state index contributed by atoms with van der Waals surface area (Å²) in [4.78, 5) is 7.54. The van der Waals surface area contributed by atoms with Gasteiger partial charge in [-0.05, 0) is 12.1 Å². The molecule has 17 heavy (non-hydrogen) atoms. The molecular weight excluding hydrogens is 250 g/mol. The van der Waals surface area contributed by atoms with Crippen molar-refractivity contribution in [3.63, 3.8) is 0 Å². The Bertz CT molecular complexity index is 563. The second-order valence-corrected chi connectivity index (χ2v) is 3.57. The van der Waals surface area contributed by atoms with Crippen LogP contribution in [0.3, 0.4) is 0 Å². The topological polar surface area (TPSA) is 35.0 Å². The molecule has 0 amide bonds. The average molecular weight is 257 g/mol. The van der Waals surface area contributed by atoms with Gasteiger partial charge >= 0.3 is 0 Å². The summed E-state index contributed by atoms with van der Waals surface area (Å²) in [7, 11) is 1.40. The molecule has 0 aliphatic carbocycles. The smallest absolute Gasteiger partial charge is 0.216 e. The van der Waals surface area contributed by atoms with Crippen molar-refractivity contribution in [2.75, 3.05) is 7.11 Å². The lowest BCUT2D eigenvalue weighted by Crippen LogP contribution is -1.96. The van der Waals surface area contributed by atoms with Gasteiger partial charge in [-0.2, -0.15) is 0 Å². The highest BCUT2D eigenvalue weighted by Gasteiger charge is 2.16. The molecule has 0 saturated heterocycles. The molecule has 2 aromatic rings. The number of nitrogens with zero attached hydrogens (tertiary/aromatic N) is 2. The highest BCUT2D eigenvalue weighted by atomic mass is 35.5. The molecule has 0 atom stereocenters. The van der Waals surface area contributed by atoms with Crippen LogP contribution in [0, 0.1) is 11.6 Å². The van der Waals surface area contributed by atoms with Gasteiger partial charge in [0.25, 0.3) is 0 Å². The third-order valence-corrected chi connectivity index (χ3v) is 2.44. The van der Waals surface area contributed by atoms with Crippen molar-refractivity contribution in [1.29, 1.82) is 0 Å². The molecule has 0 spiro atoms. The van der Waals surface area contributed by atoms with Crippen LogP contribution in [-0.4, -0.2) is 17.1 Å². The first-order valence-corrected chi connectivity index (χ1v) is 5.01. The molecular formula is C11H7ClF2N2O. The van der Waals surface area contributed by atoms with Gasteiger partial charge in [-0.1, -0.05) is 11.6 Å². The lowest BCUT2D eigenvalue weighted by atomic mass is 10.1. The molecule has 0 bridgehead atoms. The fourth-order valence-electron chi connectivity index (χ4n) is 1.35. The van der Waals surface area contributed by atoms with Crippen LogP contribution in [0.4, 0.5) is 8.78 Å². The number of ether oxygens (including phenoxy) is 1. The van der Waals surface area contributed by atoms with Crippen LogP contribution in [0.25, 0.3) is 11.3 Å². The number of halogens is 3. The third-order valence-electron chi connectivity index (χ3n) is 2.15. The van der Waals surface area contributed by atoms with Crippen molar-refractivity contribution in [2.24, 2.45) is 0 Å². The number of hydrogen-bond acceptors (Lipinski definition) is 3. The average Bonchev–Trinajstić information content (AvgIpc) is 2.35. The highest BCUT2D eigenvalue weighted by molar-refractivity contribution is 6.31. The first-order valence-electron chi connectivity index (χ1n) is 4.63. The monoisotopic (exact) mass is 256 g/mol. The minimum Gasteiger partial charge on any atom is -0.481 e. The van der Waals surface area contributed by atoms with Crippen molar-refractivity contribution >= 4 is 11.6 Å². The molecule has 2 rings (SSSR count). The zero-order valence-corrected chi connectivity index (χ0v) is 9.50. The third kappa shape index (κ3) is 2.19. The van der Waals surface area contributed by atoms with Crippen LogP contribution >= 0.6 is 11.6 Å². The van der Waals surface area contributed by atoms with Gasteiger partial charge in [0.1, 0.15) is 12.1 Å². The van der Waals surface area contributed by atoms with Crippen LogP contribution in [-0.2, 0) is 0 Å². The number of methoxy groups -OCH3 is 1. The number of benzene rings is 1. The summed E-state index contributed by atoms with van der Waals surface area (Å²) in [5, 5.41) is -0.168. The minimum atomic E-state index is -0.854. The normalized spacial score (nSPS) is 10.4. The summed E-state index contributed by atoms with van der Waals surface area (Å²) in [6.07, 6.45) is 1.16. The zero-order chi connectivity index (χ0) is 12.4. The Balaban J connectivity index is 2.63. The summed E-state index contributed by atoms with van der Waals surface area (Å²) < 4.78 is 32.1. The van der Waals surface area contributed by atoms with Gasteiger partial charge in [-0.15, -0.1) is 0 Å². The second kappa shape index (κ2) is 4.63. The Morgan fingerprint density at radius 1 is 1.24 bits per heavy atom. The number of rotatable bonds is 2. The first kappa shape index (κ1) is 11.7. The second-order valence-electron chi connectivity index (χ2n) is 3.16. The maximum absolute atomic E-state index is 13.7. The van der Waals surface area contributed by atoms with Crippen LogP contribution in [0.2, 0.25) is 5.02 Å². The first-order chi connectivity index (χ1) is 8.13. The molecule has 0 aliphatic heterocycles. The summed E-state index contributed by atoms with van der Waals surface area (Å²) >= 11 is 5.59. The molecule has 0 fully saturated rings. The van der Waals surface area contributed by atoms with Crippen LogP contribution in [0.5, 0.6) is 5.88 Å². The molecule has 3 nitrogen and oxygen atoms in total. The summed E-state index contributed by atoms with van der Waals surface area (Å²) in [5.74, 6) is -1.38. The van der Waals surface area contributed by atoms with Gasteiger partial charge in [0.15, 0.2) is 5.82 Å². The van der Waals surface area contributed by atoms with Gasteiger partial charge in [-0.3, -0.25) is 0 Å². The van der Waals surface area contributed by atoms with Crippen molar-refractivity contribution < 1.29 is 13.5 Å². The van der Waals surface area contributed by atoms with E-state index in [2.05, 4.69) is 9.97 Å². The van der Waals surface area contributed by atoms with E-state index in [1.54, 1.807) is 0 Å². The molecule has 0 unspecified atom stereocenters. The van der Waals surface area contributed by atoms with E-state index >= 15 is 0 Å². The van der Waals surface area contributed by atoms with Gasteiger partial charge in [-0.25, -0.2) is 18.7 Å². The number of hydrogen-bond donors (Lipinski definition) is 0. The lowest BCUT2D eigenvalue weighted by Gasteiger charge is -2.06. The van der Waals surface area contributed by atoms with E-state index in [4.69, 9.17) is 16.3 Å². The molecule has 6 heteroatoms. The van der Waals surface area contributed by atoms with Gasteiger partial charge < -0.3 is 4.74 Å². The molecule has 1 aromatic carbocycles. The summed E-state index contributed by atoms with van der Waals surface area (Å²) in [6, 6.07) is 3.56. The largest absolute Gasteiger partial charge is 0.481 e. The van der Waals surface area contributed by atoms with Gasteiger partial charge in [0.05, 0.1) is 23.4 Å². The Kier molecular flexibility index (Phi) is 3.19. The fraction of sp³-hybridized carbons (Fsp3) is 0.0909. The standard InChI is InChI=1S/C11H7ClF2N2O/c1-17-9-4-8(15-5-16-9)10-7(13)3-2-6(12)11(10)14/h2-5H,1H3. The van der Waals surface area contributed by atoms with Crippen molar-refractivity contribution in [1.82, 2.24) is 9.97 Å². The molecule has 0 radical (unpaired) electrons. The molecule has 0 aliphatic rings. The van der Waals surface area contributed by atoms with Crippen molar-refractivity contribution in [3.8, 4) is 17.1 Å². The van der Waals surface area contributed by atoms with E-state index in [1.165, 1.54) is 13.2 Å². The summed E-state index contributed by atoms with van der Waals surface area (Å²) in [5.41, 5.74) is -0.215. The van der Waals surface area contributed by atoms with E-state index < -0.39 is 11.6 Å². The SMILES string of the molecule is COc1cc(-c2c(F)ccc(Cl)c2F)ncn1. The Morgan fingerprint density at radius 2 is 2.00 bits per heavy atom. The van der Waals surface area contributed by atoms with E-state index in [-0.39, 0.29) is 22.2 Å². The van der Waals surface area contributed by atoms with Crippen molar-refractivity contribution in [2.45, 2.75) is 0 Å². The van der Waals surface area contributed by atoms with Crippen molar-refractivity contribution in [3.05, 3.63) is 41.2 Å². The molecule has 88 valence electrons. The quantitative estimate of drug-likeness (QED) is 0.775. The maximum atomic E-state index is 13.7. The van der Waals surface area contributed by atoms with Crippen LogP contribution < -0.4 is 4.74 Å². The minimum absolute atomic E-state index is 0.0781. The maximum Gasteiger partial charge on any atom is 0.216 e. The summed E-state index contributed by atoms with van der Waals surface area (Å²) in [6.45, 7) is 0. The molecule has 1 heterocycles. The lowest BCUT2D eigenvalue weighted by molar-refractivity contribution is 0.397. The van der Waals surface area contributed by atoms with E-state index in [1.807, 2.05) is 0 Å².